The standard InChI is InChI=1S/C22H20FN3O2S2/c1-2-12-29-21-18-20(30-25-21)24-19(16-8-3-4-9-17(16)27)26(22(18)28)11-10-14-6-5-7-15(23)13-14/h3-9,13,27H,2,10-12H2,1H3. The SMILES string of the molecule is CCCSc1nsc2nc(-c3ccccc3O)n(CCc3cccc(F)c3)c(=O)c12. The fourth-order valence-corrected chi connectivity index (χ4v) is 5.00. The molecule has 2 heterocycles. The zero-order valence-corrected chi connectivity index (χ0v) is 18.0. The van der Waals surface area contributed by atoms with Gasteiger partial charge in [0.15, 0.2) is 4.83 Å². The molecule has 0 fully saturated rings. The average Bonchev–Trinajstić information content (AvgIpc) is 3.15. The minimum Gasteiger partial charge on any atom is -0.507 e. The second-order valence-corrected chi connectivity index (χ2v) is 8.64. The lowest BCUT2D eigenvalue weighted by Gasteiger charge is -2.14. The maximum atomic E-state index is 13.6. The maximum Gasteiger partial charge on any atom is 0.265 e. The average molecular weight is 442 g/mol. The van der Waals surface area contributed by atoms with Crippen molar-refractivity contribution in [2.24, 2.45) is 0 Å². The summed E-state index contributed by atoms with van der Waals surface area (Å²) in [5.74, 6) is 0.990. The van der Waals surface area contributed by atoms with Gasteiger partial charge in [0.1, 0.15) is 27.8 Å². The van der Waals surface area contributed by atoms with Crippen LogP contribution in [0.25, 0.3) is 21.6 Å². The molecule has 0 aliphatic carbocycles. The van der Waals surface area contributed by atoms with E-state index in [9.17, 15) is 14.3 Å². The third-order valence-corrected chi connectivity index (χ3v) is 6.70. The van der Waals surface area contributed by atoms with E-state index in [0.29, 0.717) is 39.6 Å². The van der Waals surface area contributed by atoms with E-state index in [-0.39, 0.29) is 17.1 Å². The molecular weight excluding hydrogens is 421 g/mol. The third-order valence-electron chi connectivity index (χ3n) is 4.67. The molecule has 1 N–H and O–H groups in total. The highest BCUT2D eigenvalue weighted by Crippen LogP contribution is 2.32. The highest BCUT2D eigenvalue weighted by atomic mass is 32.2. The highest BCUT2D eigenvalue weighted by molar-refractivity contribution is 7.99. The molecule has 0 unspecified atom stereocenters. The van der Waals surface area contributed by atoms with E-state index in [4.69, 9.17) is 4.98 Å². The van der Waals surface area contributed by atoms with Gasteiger partial charge >= 0.3 is 0 Å². The Bertz CT molecular complexity index is 1250. The number of aromatic hydroxyl groups is 1. The van der Waals surface area contributed by atoms with E-state index in [2.05, 4.69) is 11.3 Å². The lowest BCUT2D eigenvalue weighted by Crippen LogP contribution is -2.24. The maximum absolute atomic E-state index is 13.6. The fraction of sp³-hybridized carbons (Fsp3) is 0.227. The van der Waals surface area contributed by atoms with Crippen molar-refractivity contribution in [1.29, 1.82) is 0 Å². The summed E-state index contributed by atoms with van der Waals surface area (Å²) in [7, 11) is 0. The number of benzene rings is 2. The van der Waals surface area contributed by atoms with Crippen LogP contribution < -0.4 is 5.56 Å². The van der Waals surface area contributed by atoms with Crippen LogP contribution in [0.3, 0.4) is 0 Å². The number of para-hydroxylation sites is 1. The molecule has 0 radical (unpaired) electrons. The normalized spacial score (nSPS) is 11.3. The largest absolute Gasteiger partial charge is 0.507 e. The molecule has 30 heavy (non-hydrogen) atoms. The Morgan fingerprint density at radius 2 is 2.03 bits per heavy atom. The Morgan fingerprint density at radius 1 is 1.20 bits per heavy atom. The van der Waals surface area contributed by atoms with Gasteiger partial charge in [0.05, 0.1) is 5.56 Å². The number of halogens is 1. The van der Waals surface area contributed by atoms with Crippen LogP contribution in [0.4, 0.5) is 4.39 Å². The van der Waals surface area contributed by atoms with E-state index in [1.807, 2.05) is 6.07 Å². The molecule has 2 aromatic carbocycles. The van der Waals surface area contributed by atoms with Gasteiger partial charge < -0.3 is 5.11 Å². The zero-order chi connectivity index (χ0) is 21.1. The molecule has 0 atom stereocenters. The Morgan fingerprint density at radius 3 is 2.80 bits per heavy atom. The lowest BCUT2D eigenvalue weighted by atomic mass is 10.1. The number of hydrogen-bond acceptors (Lipinski definition) is 6. The predicted molar refractivity (Wildman–Crippen MR) is 120 cm³/mol. The number of rotatable bonds is 7. The Hall–Kier alpha value is -2.71. The summed E-state index contributed by atoms with van der Waals surface area (Å²) in [5, 5.41) is 11.6. The topological polar surface area (TPSA) is 68.0 Å². The van der Waals surface area contributed by atoms with E-state index in [0.717, 1.165) is 17.7 Å². The number of thioether (sulfide) groups is 1. The minimum absolute atomic E-state index is 0.0494. The van der Waals surface area contributed by atoms with Crippen molar-refractivity contribution in [1.82, 2.24) is 13.9 Å². The van der Waals surface area contributed by atoms with Crippen molar-refractivity contribution in [2.45, 2.75) is 31.3 Å². The van der Waals surface area contributed by atoms with Gasteiger partial charge in [-0.2, -0.15) is 4.37 Å². The summed E-state index contributed by atoms with van der Waals surface area (Å²) in [5.41, 5.74) is 1.07. The van der Waals surface area contributed by atoms with Crippen molar-refractivity contribution >= 4 is 33.5 Å². The first kappa shape index (κ1) is 20.6. The number of nitrogens with zero attached hydrogens (tertiary/aromatic N) is 3. The molecule has 0 aliphatic heterocycles. The van der Waals surface area contributed by atoms with Gasteiger partial charge in [0.2, 0.25) is 0 Å². The molecule has 0 bridgehead atoms. The Labute approximate surface area is 181 Å². The van der Waals surface area contributed by atoms with Crippen molar-refractivity contribution in [3.8, 4) is 17.1 Å². The Balaban J connectivity index is 1.85. The van der Waals surface area contributed by atoms with Crippen LogP contribution in [0, 0.1) is 5.82 Å². The quantitative estimate of drug-likeness (QED) is 0.404. The molecule has 0 saturated heterocycles. The highest BCUT2D eigenvalue weighted by Gasteiger charge is 2.20. The molecule has 5 nitrogen and oxygen atoms in total. The summed E-state index contributed by atoms with van der Waals surface area (Å²) >= 11 is 2.74. The van der Waals surface area contributed by atoms with Crippen LogP contribution in [0.5, 0.6) is 5.75 Å². The smallest absolute Gasteiger partial charge is 0.265 e. The first-order valence-corrected chi connectivity index (χ1v) is 11.4. The lowest BCUT2D eigenvalue weighted by molar-refractivity contribution is 0.476. The molecule has 4 aromatic rings. The monoisotopic (exact) mass is 441 g/mol. The zero-order valence-electron chi connectivity index (χ0n) is 16.3. The van der Waals surface area contributed by atoms with Crippen LogP contribution in [0.15, 0.2) is 58.4 Å². The van der Waals surface area contributed by atoms with Gasteiger partial charge in [-0.3, -0.25) is 9.36 Å². The van der Waals surface area contributed by atoms with Crippen molar-refractivity contribution < 1.29 is 9.50 Å². The van der Waals surface area contributed by atoms with Crippen molar-refractivity contribution in [3.05, 3.63) is 70.3 Å². The molecule has 0 spiro atoms. The Kier molecular flexibility index (Phi) is 6.15. The van der Waals surface area contributed by atoms with Gasteiger partial charge in [0, 0.05) is 6.54 Å². The molecular formula is C22H20FN3O2S2. The summed E-state index contributed by atoms with van der Waals surface area (Å²) in [6.07, 6.45) is 1.43. The van der Waals surface area contributed by atoms with E-state index >= 15 is 0 Å². The molecule has 4 rings (SSSR count). The van der Waals surface area contributed by atoms with Crippen molar-refractivity contribution in [3.63, 3.8) is 0 Å². The number of fused-ring (bicyclic) bond motifs is 1. The van der Waals surface area contributed by atoms with Gasteiger partial charge in [-0.05, 0) is 60.0 Å². The van der Waals surface area contributed by atoms with Gasteiger partial charge in [-0.15, -0.1) is 11.8 Å². The number of hydrogen-bond donors (Lipinski definition) is 1. The first-order chi connectivity index (χ1) is 14.6. The third kappa shape index (κ3) is 4.11. The minimum atomic E-state index is -0.311. The molecule has 154 valence electrons. The predicted octanol–water partition coefficient (Wildman–Crippen LogP) is 5.11. The van der Waals surface area contributed by atoms with Crippen LogP contribution >= 0.6 is 23.3 Å². The van der Waals surface area contributed by atoms with Gasteiger partial charge in [-0.25, -0.2) is 9.37 Å². The fourth-order valence-electron chi connectivity index (χ4n) is 3.22. The van der Waals surface area contributed by atoms with Gasteiger partial charge in [-0.1, -0.05) is 31.2 Å². The van der Waals surface area contributed by atoms with Crippen LogP contribution in [0.1, 0.15) is 18.9 Å². The molecule has 2 aromatic heterocycles. The summed E-state index contributed by atoms with van der Waals surface area (Å²) in [4.78, 5) is 18.7. The summed E-state index contributed by atoms with van der Waals surface area (Å²) in [6.45, 7) is 2.38. The second kappa shape index (κ2) is 8.97. The summed E-state index contributed by atoms with van der Waals surface area (Å²) in [6, 6.07) is 13.1. The first-order valence-electron chi connectivity index (χ1n) is 9.64. The molecule has 0 aliphatic rings. The van der Waals surface area contributed by atoms with E-state index < -0.39 is 0 Å². The van der Waals surface area contributed by atoms with Gasteiger partial charge in [0.25, 0.3) is 5.56 Å². The molecule has 0 saturated carbocycles. The van der Waals surface area contributed by atoms with Crippen molar-refractivity contribution in [2.75, 3.05) is 5.75 Å². The van der Waals surface area contributed by atoms with E-state index in [1.165, 1.54) is 23.7 Å². The number of phenolic OH excluding ortho intramolecular Hbond substituents is 1. The van der Waals surface area contributed by atoms with Crippen LogP contribution in [0.2, 0.25) is 0 Å². The summed E-state index contributed by atoms with van der Waals surface area (Å²) < 4.78 is 19.6. The second-order valence-electron chi connectivity index (χ2n) is 6.81. The molecule has 0 amide bonds. The number of aromatic nitrogens is 3. The molecule has 8 heteroatoms. The van der Waals surface area contributed by atoms with Crippen LogP contribution in [-0.4, -0.2) is 24.8 Å². The van der Waals surface area contributed by atoms with E-state index in [1.54, 1.807) is 46.7 Å². The number of aryl methyl sites for hydroxylation is 1. The number of phenols is 1. The van der Waals surface area contributed by atoms with Crippen LogP contribution in [-0.2, 0) is 13.0 Å².